The van der Waals surface area contributed by atoms with Crippen LogP contribution in [0.1, 0.15) is 22.3 Å². The molecule has 10 heteroatoms. The second-order valence-electron chi connectivity index (χ2n) is 10.2. The van der Waals surface area contributed by atoms with Crippen molar-refractivity contribution in [1.82, 2.24) is 19.5 Å². The van der Waals surface area contributed by atoms with Crippen molar-refractivity contribution >= 4 is 21.8 Å². The molecule has 9 nitrogen and oxygen atoms in total. The molecule has 0 radical (unpaired) electrons. The Hall–Kier alpha value is -4.54. The van der Waals surface area contributed by atoms with E-state index in [1.807, 2.05) is 72.8 Å². The fraction of sp³-hybridized carbons (Fsp3) is 0.242. The Kier molecular flexibility index (Phi) is 11.0. The van der Waals surface area contributed by atoms with Crippen molar-refractivity contribution in [2.75, 3.05) is 19.9 Å². The Morgan fingerprint density at radius 3 is 1.95 bits per heavy atom. The lowest BCUT2D eigenvalue weighted by atomic mass is 10.0. The van der Waals surface area contributed by atoms with Gasteiger partial charge in [0.05, 0.1) is 19.9 Å². The first kappa shape index (κ1) is 31.4. The molecule has 4 aromatic rings. The van der Waals surface area contributed by atoms with Crippen LogP contribution < -0.4 is 10.1 Å². The predicted molar refractivity (Wildman–Crippen MR) is 165 cm³/mol. The van der Waals surface area contributed by atoms with Gasteiger partial charge < -0.3 is 15.0 Å². The molecule has 0 aliphatic carbocycles. The zero-order valence-electron chi connectivity index (χ0n) is 24.3. The maximum atomic E-state index is 14.1. The van der Waals surface area contributed by atoms with Gasteiger partial charge in [0.2, 0.25) is 21.8 Å². The number of aromatic nitrogens is 1. The second-order valence-corrected chi connectivity index (χ2v) is 12.1. The van der Waals surface area contributed by atoms with Gasteiger partial charge in [-0.25, -0.2) is 8.42 Å². The van der Waals surface area contributed by atoms with E-state index in [1.165, 1.54) is 4.90 Å². The van der Waals surface area contributed by atoms with E-state index < -0.39 is 28.5 Å². The van der Waals surface area contributed by atoms with Gasteiger partial charge in [0.25, 0.3) is 0 Å². The van der Waals surface area contributed by atoms with Crippen molar-refractivity contribution in [3.8, 4) is 5.75 Å². The van der Waals surface area contributed by atoms with Crippen molar-refractivity contribution in [3.05, 3.63) is 132 Å². The molecule has 2 amide bonds. The number of carbonyl (C=O) groups excluding carboxylic acids is 2. The summed E-state index contributed by atoms with van der Waals surface area (Å²) in [4.78, 5) is 33.5. The molecule has 0 unspecified atom stereocenters. The van der Waals surface area contributed by atoms with E-state index in [4.69, 9.17) is 4.74 Å². The number of methoxy groups -OCH3 is 1. The lowest BCUT2D eigenvalue weighted by Crippen LogP contribution is -2.53. The highest BCUT2D eigenvalue weighted by atomic mass is 32.2. The highest BCUT2D eigenvalue weighted by Gasteiger charge is 2.33. The van der Waals surface area contributed by atoms with Crippen molar-refractivity contribution in [2.45, 2.75) is 32.1 Å². The number of ether oxygens (including phenoxy) is 1. The molecular weight excluding hydrogens is 564 g/mol. The van der Waals surface area contributed by atoms with Crippen LogP contribution in [0.3, 0.4) is 0 Å². The number of rotatable bonds is 14. The summed E-state index contributed by atoms with van der Waals surface area (Å²) in [6.45, 7) is -0.0567. The zero-order valence-corrected chi connectivity index (χ0v) is 25.1. The van der Waals surface area contributed by atoms with Gasteiger partial charge in [-0.15, -0.1) is 0 Å². The molecule has 224 valence electrons. The number of carbonyl (C=O) groups is 2. The lowest BCUT2D eigenvalue weighted by Gasteiger charge is -2.33. The van der Waals surface area contributed by atoms with Crippen LogP contribution in [0.5, 0.6) is 5.75 Å². The normalized spacial score (nSPS) is 12.0. The minimum absolute atomic E-state index is 0.0272. The fourth-order valence-corrected chi connectivity index (χ4v) is 5.34. The van der Waals surface area contributed by atoms with Gasteiger partial charge in [0.1, 0.15) is 11.8 Å². The van der Waals surface area contributed by atoms with Crippen molar-refractivity contribution in [1.29, 1.82) is 0 Å². The molecule has 1 aromatic heterocycles. The Bertz CT molecular complexity index is 1570. The van der Waals surface area contributed by atoms with E-state index in [1.54, 1.807) is 43.8 Å². The number of hydrogen-bond donors (Lipinski definition) is 1. The van der Waals surface area contributed by atoms with Crippen LogP contribution in [0.2, 0.25) is 0 Å². The molecule has 1 heterocycles. The van der Waals surface area contributed by atoms with Crippen LogP contribution in [0, 0.1) is 0 Å². The number of benzene rings is 3. The second kappa shape index (κ2) is 15.1. The van der Waals surface area contributed by atoms with E-state index in [9.17, 15) is 18.0 Å². The van der Waals surface area contributed by atoms with E-state index in [0.29, 0.717) is 5.75 Å². The summed E-state index contributed by atoms with van der Waals surface area (Å²) in [7, 11) is -2.19. The standard InChI is InChI=1S/C33H36N4O5S/c1-42-30-15-13-29(14-16-30)24-37(32(38)25-36(43(2,40)41)23-28-11-7-4-8-12-28)31(21-26-9-5-3-6-10-26)33(39)35-22-27-17-19-34-20-18-27/h3-20,31H,21-25H2,1-2H3,(H,35,39)/t31-/m0/s1. The molecule has 0 aliphatic heterocycles. The average molecular weight is 601 g/mol. The molecule has 0 saturated carbocycles. The average Bonchev–Trinajstić information content (AvgIpc) is 3.02. The van der Waals surface area contributed by atoms with Gasteiger partial charge in [-0.05, 0) is 46.5 Å². The number of nitrogens with one attached hydrogen (secondary N) is 1. The number of pyridine rings is 1. The quantitative estimate of drug-likeness (QED) is 0.236. The van der Waals surface area contributed by atoms with Crippen LogP contribution in [0.15, 0.2) is 109 Å². The first-order valence-electron chi connectivity index (χ1n) is 13.8. The minimum atomic E-state index is -3.76. The van der Waals surface area contributed by atoms with Gasteiger partial charge in [0.15, 0.2) is 0 Å². The van der Waals surface area contributed by atoms with Gasteiger partial charge in [-0.2, -0.15) is 4.31 Å². The predicted octanol–water partition coefficient (Wildman–Crippen LogP) is 3.81. The third kappa shape index (κ3) is 9.49. The molecule has 0 fully saturated rings. The van der Waals surface area contributed by atoms with Crippen LogP contribution in [0.25, 0.3) is 0 Å². The molecule has 0 aliphatic rings. The van der Waals surface area contributed by atoms with Crippen LogP contribution in [0.4, 0.5) is 0 Å². The maximum absolute atomic E-state index is 14.1. The molecule has 0 spiro atoms. The Morgan fingerprint density at radius 2 is 1.37 bits per heavy atom. The molecule has 4 rings (SSSR count). The Balaban J connectivity index is 1.68. The summed E-state index contributed by atoms with van der Waals surface area (Å²) in [5, 5.41) is 2.97. The third-order valence-electron chi connectivity index (χ3n) is 6.98. The maximum Gasteiger partial charge on any atom is 0.243 e. The molecule has 1 atom stereocenters. The number of nitrogens with zero attached hydrogens (tertiary/aromatic N) is 3. The monoisotopic (exact) mass is 600 g/mol. The summed E-state index contributed by atoms with van der Waals surface area (Å²) < 4.78 is 32.1. The summed E-state index contributed by atoms with van der Waals surface area (Å²) in [5.74, 6) is -0.183. The van der Waals surface area contributed by atoms with Gasteiger partial charge in [-0.1, -0.05) is 72.8 Å². The molecule has 43 heavy (non-hydrogen) atoms. The van der Waals surface area contributed by atoms with Crippen LogP contribution in [-0.2, 0) is 45.7 Å². The van der Waals surface area contributed by atoms with Gasteiger partial charge in [0, 0.05) is 38.4 Å². The Morgan fingerprint density at radius 1 is 0.791 bits per heavy atom. The molecule has 3 aromatic carbocycles. The minimum Gasteiger partial charge on any atom is -0.497 e. The number of amides is 2. The summed E-state index contributed by atoms with van der Waals surface area (Å²) in [6.07, 6.45) is 4.62. The summed E-state index contributed by atoms with van der Waals surface area (Å²) in [6, 6.07) is 28.4. The van der Waals surface area contributed by atoms with Gasteiger partial charge in [-0.3, -0.25) is 14.6 Å². The molecule has 0 bridgehead atoms. The topological polar surface area (TPSA) is 109 Å². The Labute approximate surface area is 253 Å². The van der Waals surface area contributed by atoms with Crippen molar-refractivity contribution in [3.63, 3.8) is 0 Å². The lowest BCUT2D eigenvalue weighted by molar-refractivity contribution is -0.141. The van der Waals surface area contributed by atoms with Crippen LogP contribution in [-0.4, -0.2) is 60.4 Å². The number of hydrogen-bond acceptors (Lipinski definition) is 6. The SMILES string of the molecule is COc1ccc(CN(C(=O)CN(Cc2ccccc2)S(C)(=O)=O)[C@@H](Cc2ccccc2)C(=O)NCc2ccncc2)cc1. The third-order valence-corrected chi connectivity index (χ3v) is 8.18. The van der Waals surface area contributed by atoms with E-state index in [0.717, 1.165) is 32.8 Å². The van der Waals surface area contributed by atoms with E-state index in [-0.39, 0.29) is 32.0 Å². The molecule has 0 saturated heterocycles. The first-order valence-corrected chi connectivity index (χ1v) is 15.7. The summed E-state index contributed by atoms with van der Waals surface area (Å²) >= 11 is 0. The van der Waals surface area contributed by atoms with Crippen LogP contribution >= 0.6 is 0 Å². The van der Waals surface area contributed by atoms with Crippen molar-refractivity contribution in [2.24, 2.45) is 0 Å². The summed E-state index contributed by atoms with van der Waals surface area (Å²) in [5.41, 5.74) is 3.24. The van der Waals surface area contributed by atoms with Crippen molar-refractivity contribution < 1.29 is 22.7 Å². The smallest absolute Gasteiger partial charge is 0.243 e. The zero-order chi connectivity index (χ0) is 30.7. The fourth-order valence-electron chi connectivity index (χ4n) is 4.61. The van der Waals surface area contributed by atoms with E-state index in [2.05, 4.69) is 10.3 Å². The molecule has 1 N–H and O–H groups in total. The largest absolute Gasteiger partial charge is 0.497 e. The van der Waals surface area contributed by atoms with Gasteiger partial charge >= 0.3 is 0 Å². The van der Waals surface area contributed by atoms with E-state index >= 15 is 0 Å². The highest BCUT2D eigenvalue weighted by molar-refractivity contribution is 7.88. The molecular formula is C33H36N4O5S. The highest BCUT2D eigenvalue weighted by Crippen LogP contribution is 2.19. The first-order chi connectivity index (χ1) is 20.7. The number of sulfonamides is 1.